The van der Waals surface area contributed by atoms with E-state index in [1.165, 1.54) is 11.1 Å². The number of benzene rings is 1. The Labute approximate surface area is 161 Å². The molecule has 4 rings (SSSR count). The number of nitrogens with zero attached hydrogens (tertiary/aromatic N) is 1. The molecule has 0 unspecified atom stereocenters. The molecule has 1 amide bonds. The van der Waals surface area contributed by atoms with Gasteiger partial charge in [-0.15, -0.1) is 12.4 Å². The topological polar surface area (TPSA) is 72.8 Å². The molecule has 144 valence electrons. The highest BCUT2D eigenvalue weighted by Gasteiger charge is 2.52. The first kappa shape index (κ1) is 19.6. The number of aliphatic hydroxyl groups is 2. The second-order valence-corrected chi connectivity index (χ2v) is 7.95. The van der Waals surface area contributed by atoms with Crippen molar-refractivity contribution < 1.29 is 15.0 Å². The Balaban J connectivity index is 0.00000196. The Bertz CT molecular complexity index is 629. The largest absolute Gasteiger partial charge is 0.390 e. The zero-order valence-electron chi connectivity index (χ0n) is 15.2. The summed E-state index contributed by atoms with van der Waals surface area (Å²) < 4.78 is 0. The number of hydrogen-bond donors (Lipinski definition) is 3. The molecule has 6 atom stereocenters. The highest BCUT2D eigenvalue weighted by molar-refractivity contribution is 5.85. The summed E-state index contributed by atoms with van der Waals surface area (Å²) in [5.41, 5.74) is 2.68. The van der Waals surface area contributed by atoms with Gasteiger partial charge in [0.1, 0.15) is 0 Å². The lowest BCUT2D eigenvalue weighted by molar-refractivity contribution is -0.155. The molecule has 1 aromatic carbocycles. The number of halogens is 1. The monoisotopic (exact) mass is 380 g/mol. The van der Waals surface area contributed by atoms with Crippen molar-refractivity contribution in [1.82, 2.24) is 10.2 Å². The van der Waals surface area contributed by atoms with Gasteiger partial charge in [-0.3, -0.25) is 4.79 Å². The van der Waals surface area contributed by atoms with Crippen LogP contribution < -0.4 is 5.32 Å². The van der Waals surface area contributed by atoms with Crippen molar-refractivity contribution in [2.45, 2.75) is 32.0 Å². The third kappa shape index (κ3) is 3.26. The van der Waals surface area contributed by atoms with Crippen LogP contribution in [0.1, 0.15) is 18.1 Å². The SMILES string of the molecule is C[C@H]1[C@H](O)[C@@H](O)[C@H]2CNC[C@@H]2[C@H]1C(=O)N1CCc2ccccc2CC1.Cl. The van der Waals surface area contributed by atoms with Gasteiger partial charge in [0.15, 0.2) is 0 Å². The summed E-state index contributed by atoms with van der Waals surface area (Å²) in [7, 11) is 0. The molecule has 2 fully saturated rings. The Morgan fingerprint density at radius 3 is 2.23 bits per heavy atom. The molecule has 0 radical (unpaired) electrons. The van der Waals surface area contributed by atoms with E-state index >= 15 is 0 Å². The predicted octanol–water partition coefficient (Wildman–Crippen LogP) is 0.859. The lowest BCUT2D eigenvalue weighted by Gasteiger charge is -2.44. The Kier molecular flexibility index (Phi) is 5.92. The van der Waals surface area contributed by atoms with E-state index in [-0.39, 0.29) is 42.0 Å². The number of carbonyl (C=O) groups is 1. The van der Waals surface area contributed by atoms with Gasteiger partial charge in [-0.1, -0.05) is 31.2 Å². The third-order valence-electron chi connectivity index (χ3n) is 6.68. The van der Waals surface area contributed by atoms with Gasteiger partial charge in [0.05, 0.1) is 12.2 Å². The number of hydrogen-bond acceptors (Lipinski definition) is 4. The highest BCUT2D eigenvalue weighted by Crippen LogP contribution is 2.42. The maximum Gasteiger partial charge on any atom is 0.226 e. The number of nitrogens with one attached hydrogen (secondary N) is 1. The van der Waals surface area contributed by atoms with E-state index in [9.17, 15) is 15.0 Å². The molecule has 1 saturated carbocycles. The second-order valence-electron chi connectivity index (χ2n) is 7.95. The Morgan fingerprint density at radius 2 is 1.62 bits per heavy atom. The van der Waals surface area contributed by atoms with E-state index in [2.05, 4.69) is 29.6 Å². The van der Waals surface area contributed by atoms with Gasteiger partial charge >= 0.3 is 0 Å². The van der Waals surface area contributed by atoms with Crippen molar-refractivity contribution in [1.29, 1.82) is 0 Å². The van der Waals surface area contributed by atoms with Crippen molar-refractivity contribution in [2.24, 2.45) is 23.7 Å². The van der Waals surface area contributed by atoms with E-state index in [4.69, 9.17) is 0 Å². The zero-order chi connectivity index (χ0) is 17.6. The zero-order valence-corrected chi connectivity index (χ0v) is 16.0. The van der Waals surface area contributed by atoms with Gasteiger partial charge in [0.2, 0.25) is 5.91 Å². The van der Waals surface area contributed by atoms with Gasteiger partial charge in [-0.2, -0.15) is 0 Å². The van der Waals surface area contributed by atoms with E-state index in [1.54, 1.807) is 0 Å². The number of rotatable bonds is 1. The summed E-state index contributed by atoms with van der Waals surface area (Å²) in [5, 5.41) is 24.1. The molecule has 26 heavy (non-hydrogen) atoms. The number of aliphatic hydroxyl groups excluding tert-OH is 2. The minimum atomic E-state index is -0.820. The standard InChI is InChI=1S/C20H28N2O3.ClH/c1-12-17(15-10-21-11-16(15)19(24)18(12)23)20(25)22-8-6-13-4-2-3-5-14(13)7-9-22;/h2-5,12,15-19,21,23-24H,6-11H2,1H3;1H/t12-,15+,16+,17+,18+,19+;/m1./s1. The minimum Gasteiger partial charge on any atom is -0.390 e. The van der Waals surface area contributed by atoms with E-state index in [0.717, 1.165) is 32.5 Å². The second kappa shape index (κ2) is 7.85. The summed E-state index contributed by atoms with van der Waals surface area (Å²) in [6.45, 7) is 4.83. The van der Waals surface area contributed by atoms with Crippen LogP contribution in [-0.2, 0) is 17.6 Å². The van der Waals surface area contributed by atoms with Crippen molar-refractivity contribution >= 4 is 18.3 Å². The maximum absolute atomic E-state index is 13.4. The predicted molar refractivity (Wildman–Crippen MR) is 102 cm³/mol. The molecule has 2 aliphatic heterocycles. The summed E-state index contributed by atoms with van der Waals surface area (Å²) in [4.78, 5) is 15.4. The van der Waals surface area contributed by atoms with Gasteiger partial charge in [-0.05, 0) is 42.3 Å². The molecule has 0 aromatic heterocycles. The average Bonchev–Trinajstić information content (AvgIpc) is 2.99. The lowest BCUT2D eigenvalue weighted by Crippen LogP contribution is -2.56. The Hall–Kier alpha value is -1.14. The van der Waals surface area contributed by atoms with Crippen LogP contribution in [0.2, 0.25) is 0 Å². The molecular weight excluding hydrogens is 352 g/mol. The van der Waals surface area contributed by atoms with Gasteiger partial charge in [0, 0.05) is 31.5 Å². The van der Waals surface area contributed by atoms with Crippen LogP contribution in [0.25, 0.3) is 0 Å². The first-order valence-electron chi connectivity index (χ1n) is 9.50. The molecule has 1 aliphatic carbocycles. The highest BCUT2D eigenvalue weighted by atomic mass is 35.5. The summed E-state index contributed by atoms with van der Waals surface area (Å²) in [6.07, 6.45) is 0.230. The number of carbonyl (C=O) groups excluding carboxylic acids is 1. The average molecular weight is 381 g/mol. The Morgan fingerprint density at radius 1 is 1.04 bits per heavy atom. The third-order valence-corrected chi connectivity index (χ3v) is 6.68. The first-order valence-corrected chi connectivity index (χ1v) is 9.50. The normalized spacial score (nSPS) is 36.5. The smallest absolute Gasteiger partial charge is 0.226 e. The summed E-state index contributed by atoms with van der Waals surface area (Å²) in [5.74, 6) is -0.172. The summed E-state index contributed by atoms with van der Waals surface area (Å²) >= 11 is 0. The molecule has 2 heterocycles. The molecule has 5 nitrogen and oxygen atoms in total. The van der Waals surface area contributed by atoms with Crippen LogP contribution in [-0.4, -0.2) is 59.4 Å². The molecule has 3 aliphatic rings. The molecule has 0 bridgehead atoms. The fraction of sp³-hybridized carbons (Fsp3) is 0.650. The van der Waals surface area contributed by atoms with Crippen LogP contribution in [0.4, 0.5) is 0 Å². The van der Waals surface area contributed by atoms with E-state index < -0.39 is 12.2 Å². The summed E-state index contributed by atoms with van der Waals surface area (Å²) in [6, 6.07) is 8.44. The van der Waals surface area contributed by atoms with Crippen molar-refractivity contribution in [2.75, 3.05) is 26.2 Å². The first-order chi connectivity index (χ1) is 12.1. The molecule has 6 heteroatoms. The molecular formula is C20H29ClN2O3. The van der Waals surface area contributed by atoms with Crippen LogP contribution in [0.5, 0.6) is 0 Å². The number of fused-ring (bicyclic) bond motifs is 2. The minimum absolute atomic E-state index is 0. The molecule has 0 spiro atoms. The van der Waals surface area contributed by atoms with Crippen LogP contribution in [0.15, 0.2) is 24.3 Å². The van der Waals surface area contributed by atoms with E-state index in [1.807, 2.05) is 11.8 Å². The molecule has 1 saturated heterocycles. The van der Waals surface area contributed by atoms with Gasteiger partial charge in [-0.25, -0.2) is 0 Å². The maximum atomic E-state index is 13.4. The van der Waals surface area contributed by atoms with Gasteiger partial charge < -0.3 is 20.4 Å². The van der Waals surface area contributed by atoms with Crippen molar-refractivity contribution in [3.8, 4) is 0 Å². The lowest BCUT2D eigenvalue weighted by atomic mass is 9.65. The van der Waals surface area contributed by atoms with Crippen LogP contribution >= 0.6 is 12.4 Å². The van der Waals surface area contributed by atoms with E-state index in [0.29, 0.717) is 6.54 Å². The van der Waals surface area contributed by atoms with Crippen LogP contribution in [0, 0.1) is 23.7 Å². The number of amides is 1. The van der Waals surface area contributed by atoms with Crippen LogP contribution in [0.3, 0.4) is 0 Å². The van der Waals surface area contributed by atoms with Gasteiger partial charge in [0.25, 0.3) is 0 Å². The molecule has 3 N–H and O–H groups in total. The fourth-order valence-electron chi connectivity index (χ4n) is 5.16. The molecule has 1 aromatic rings. The fourth-order valence-corrected chi connectivity index (χ4v) is 5.16. The van der Waals surface area contributed by atoms with Crippen molar-refractivity contribution in [3.05, 3.63) is 35.4 Å². The quantitative estimate of drug-likeness (QED) is 0.675. The van der Waals surface area contributed by atoms with Crippen molar-refractivity contribution in [3.63, 3.8) is 0 Å².